The smallest absolute Gasteiger partial charge is 0.325 e. The fraction of sp³-hybridized carbons (Fsp3) is 0.586. The molecule has 6 nitrogen and oxygen atoms in total. The number of ether oxygens (including phenoxy) is 2. The molecule has 0 saturated carbocycles. The number of benzene rings is 1. The highest BCUT2D eigenvalue weighted by Crippen LogP contribution is 2.33. The highest BCUT2D eigenvalue weighted by Gasteiger charge is 2.35. The van der Waals surface area contributed by atoms with E-state index < -0.39 is 12.0 Å². The van der Waals surface area contributed by atoms with Gasteiger partial charge >= 0.3 is 5.97 Å². The summed E-state index contributed by atoms with van der Waals surface area (Å²) in [6.45, 7) is 6.78. The maximum Gasteiger partial charge on any atom is 0.325 e. The predicted octanol–water partition coefficient (Wildman–Crippen LogP) is 5.23. The van der Waals surface area contributed by atoms with E-state index in [1.165, 1.54) is 36.2 Å². The second kappa shape index (κ2) is 12.5. The van der Waals surface area contributed by atoms with Crippen LogP contribution in [0.5, 0.6) is 5.75 Å². The summed E-state index contributed by atoms with van der Waals surface area (Å²) >= 11 is 0. The summed E-state index contributed by atoms with van der Waals surface area (Å²) in [6, 6.07) is 11.3. The third-order valence-electron chi connectivity index (χ3n) is 6.98. The Balaban J connectivity index is 1.24. The number of rotatable bonds is 12. The standard InChI is InChI=1S/C29H40N2O4/c1-21(2)20-35-27-13-6-4-11-25(27)28(29(32)33)31-17-16-24(19-31)34-18-8-7-10-23-15-14-22-9-3-5-12-26(22)30-23/h4,6,11,13-15,21,24,28H,3,5,7-10,12,16-20H2,1-2H3,(H,32,33)/t24-,28?/m1/s1. The number of aromatic nitrogens is 1. The number of para-hydroxylation sites is 1. The number of hydrogen-bond acceptors (Lipinski definition) is 5. The molecule has 190 valence electrons. The molecule has 1 fully saturated rings. The zero-order valence-electron chi connectivity index (χ0n) is 21.2. The summed E-state index contributed by atoms with van der Waals surface area (Å²) in [4.78, 5) is 19.2. The molecule has 2 atom stereocenters. The molecular formula is C29H40N2O4. The summed E-state index contributed by atoms with van der Waals surface area (Å²) in [7, 11) is 0. The van der Waals surface area contributed by atoms with E-state index in [9.17, 15) is 9.90 Å². The number of nitrogens with zero attached hydrogens (tertiary/aromatic N) is 2. The second-order valence-electron chi connectivity index (χ2n) is 10.3. The van der Waals surface area contributed by atoms with E-state index in [-0.39, 0.29) is 6.10 Å². The molecule has 1 aliphatic carbocycles. The Labute approximate surface area is 209 Å². The van der Waals surface area contributed by atoms with Crippen molar-refractivity contribution in [2.45, 2.75) is 77.4 Å². The van der Waals surface area contributed by atoms with E-state index >= 15 is 0 Å². The van der Waals surface area contributed by atoms with Crippen LogP contribution in [0.15, 0.2) is 36.4 Å². The largest absolute Gasteiger partial charge is 0.493 e. The third-order valence-corrected chi connectivity index (χ3v) is 6.98. The average Bonchev–Trinajstić information content (AvgIpc) is 3.31. The fourth-order valence-corrected chi connectivity index (χ4v) is 5.13. The number of aryl methyl sites for hydroxylation is 3. The number of carboxylic acid groups (broad SMARTS) is 1. The van der Waals surface area contributed by atoms with Gasteiger partial charge in [-0.05, 0) is 75.0 Å². The van der Waals surface area contributed by atoms with Gasteiger partial charge in [0.25, 0.3) is 0 Å². The van der Waals surface area contributed by atoms with Crippen molar-refractivity contribution in [1.82, 2.24) is 9.88 Å². The lowest BCUT2D eigenvalue weighted by molar-refractivity contribution is -0.143. The monoisotopic (exact) mass is 480 g/mol. The van der Waals surface area contributed by atoms with Gasteiger partial charge in [-0.25, -0.2) is 0 Å². The number of carboxylic acids is 1. The fourth-order valence-electron chi connectivity index (χ4n) is 5.13. The van der Waals surface area contributed by atoms with Crippen LogP contribution < -0.4 is 4.74 Å². The number of pyridine rings is 1. The third kappa shape index (κ3) is 7.05. The van der Waals surface area contributed by atoms with E-state index in [0.29, 0.717) is 38.0 Å². The van der Waals surface area contributed by atoms with Crippen LogP contribution in [0.25, 0.3) is 0 Å². The average molecular weight is 481 g/mol. The van der Waals surface area contributed by atoms with Gasteiger partial charge in [0.15, 0.2) is 0 Å². The molecule has 1 saturated heterocycles. The molecule has 1 aromatic heterocycles. The molecule has 0 radical (unpaired) electrons. The summed E-state index contributed by atoms with van der Waals surface area (Å²) in [6.07, 6.45) is 8.80. The first-order valence-corrected chi connectivity index (χ1v) is 13.3. The van der Waals surface area contributed by atoms with Crippen LogP contribution in [0.1, 0.15) is 74.5 Å². The van der Waals surface area contributed by atoms with E-state index in [0.717, 1.165) is 37.7 Å². The van der Waals surface area contributed by atoms with E-state index in [2.05, 4.69) is 26.0 Å². The molecule has 0 bridgehead atoms. The van der Waals surface area contributed by atoms with Gasteiger partial charge in [-0.3, -0.25) is 14.7 Å². The molecule has 2 aromatic rings. The Kier molecular flexibility index (Phi) is 9.16. The Morgan fingerprint density at radius 3 is 2.80 bits per heavy atom. The Hall–Kier alpha value is -2.44. The molecule has 1 unspecified atom stereocenters. The van der Waals surface area contributed by atoms with Gasteiger partial charge < -0.3 is 14.6 Å². The summed E-state index contributed by atoms with van der Waals surface area (Å²) < 4.78 is 12.1. The van der Waals surface area contributed by atoms with E-state index in [1.54, 1.807) is 0 Å². The highest BCUT2D eigenvalue weighted by atomic mass is 16.5. The van der Waals surface area contributed by atoms with Crippen LogP contribution in [-0.2, 0) is 28.8 Å². The number of hydrogen-bond donors (Lipinski definition) is 1. The lowest BCUT2D eigenvalue weighted by Crippen LogP contribution is -2.34. The molecule has 1 aromatic carbocycles. The first kappa shape index (κ1) is 25.6. The number of unbranched alkanes of at least 4 members (excludes halogenated alkanes) is 1. The number of fused-ring (bicyclic) bond motifs is 1. The zero-order valence-corrected chi connectivity index (χ0v) is 21.2. The van der Waals surface area contributed by atoms with Gasteiger partial charge in [-0.15, -0.1) is 0 Å². The molecule has 35 heavy (non-hydrogen) atoms. The van der Waals surface area contributed by atoms with Gasteiger partial charge in [0.1, 0.15) is 11.8 Å². The van der Waals surface area contributed by atoms with Crippen LogP contribution in [0, 0.1) is 5.92 Å². The maximum absolute atomic E-state index is 12.3. The molecular weight excluding hydrogens is 440 g/mol. The van der Waals surface area contributed by atoms with Crippen molar-refractivity contribution < 1.29 is 19.4 Å². The van der Waals surface area contributed by atoms with Gasteiger partial charge in [0.05, 0.1) is 12.7 Å². The minimum Gasteiger partial charge on any atom is -0.493 e. The van der Waals surface area contributed by atoms with Crippen molar-refractivity contribution in [3.05, 3.63) is 58.9 Å². The molecule has 1 N–H and O–H groups in total. The van der Waals surface area contributed by atoms with E-state index in [1.807, 2.05) is 29.2 Å². The highest BCUT2D eigenvalue weighted by molar-refractivity contribution is 5.76. The maximum atomic E-state index is 12.3. The van der Waals surface area contributed by atoms with Gasteiger partial charge in [0, 0.05) is 36.6 Å². The van der Waals surface area contributed by atoms with Gasteiger partial charge in [0.2, 0.25) is 0 Å². The molecule has 2 heterocycles. The first-order chi connectivity index (χ1) is 17.0. The van der Waals surface area contributed by atoms with Crippen LogP contribution in [0.4, 0.5) is 0 Å². The van der Waals surface area contributed by atoms with Crippen LogP contribution in [0.3, 0.4) is 0 Å². The number of aliphatic carboxylic acids is 1. The minimum atomic E-state index is -0.844. The van der Waals surface area contributed by atoms with Crippen LogP contribution in [0.2, 0.25) is 0 Å². The Morgan fingerprint density at radius 2 is 1.97 bits per heavy atom. The van der Waals surface area contributed by atoms with E-state index in [4.69, 9.17) is 14.5 Å². The molecule has 1 aliphatic heterocycles. The molecule has 4 rings (SSSR count). The van der Waals surface area contributed by atoms with Gasteiger partial charge in [-0.1, -0.05) is 38.1 Å². The second-order valence-corrected chi connectivity index (χ2v) is 10.3. The normalized spacial score (nSPS) is 19.0. The molecule has 6 heteroatoms. The van der Waals surface area contributed by atoms with Crippen molar-refractivity contribution >= 4 is 5.97 Å². The van der Waals surface area contributed by atoms with Gasteiger partial charge in [-0.2, -0.15) is 0 Å². The van der Waals surface area contributed by atoms with Crippen molar-refractivity contribution in [3.8, 4) is 5.75 Å². The number of carbonyl (C=O) groups is 1. The number of likely N-dealkylation sites (tertiary alicyclic amines) is 1. The first-order valence-electron chi connectivity index (χ1n) is 13.3. The minimum absolute atomic E-state index is 0.0717. The Morgan fingerprint density at radius 1 is 1.14 bits per heavy atom. The van der Waals surface area contributed by atoms with Crippen LogP contribution in [-0.4, -0.2) is 53.4 Å². The predicted molar refractivity (Wildman–Crippen MR) is 137 cm³/mol. The van der Waals surface area contributed by atoms with Crippen molar-refractivity contribution in [3.63, 3.8) is 0 Å². The molecule has 0 spiro atoms. The summed E-state index contributed by atoms with van der Waals surface area (Å²) in [5.41, 5.74) is 4.65. The zero-order chi connectivity index (χ0) is 24.6. The Bertz CT molecular complexity index is 977. The lowest BCUT2D eigenvalue weighted by Gasteiger charge is -2.26. The van der Waals surface area contributed by atoms with Crippen LogP contribution >= 0.6 is 0 Å². The molecule has 2 aliphatic rings. The van der Waals surface area contributed by atoms with Crippen molar-refractivity contribution in [1.29, 1.82) is 0 Å². The van der Waals surface area contributed by atoms with Crippen molar-refractivity contribution in [2.24, 2.45) is 5.92 Å². The summed E-state index contributed by atoms with van der Waals surface area (Å²) in [5, 5.41) is 10.1. The quantitative estimate of drug-likeness (QED) is 0.419. The topological polar surface area (TPSA) is 71.9 Å². The van der Waals surface area contributed by atoms with Crippen molar-refractivity contribution in [2.75, 3.05) is 26.3 Å². The lowest BCUT2D eigenvalue weighted by atomic mass is 9.95. The SMILES string of the molecule is CC(C)COc1ccccc1C(C(=O)O)N1CC[C@@H](OCCCCc2ccc3c(n2)CCCC3)C1. The molecule has 0 amide bonds. The summed E-state index contributed by atoms with van der Waals surface area (Å²) in [5.74, 6) is 0.191.